The summed E-state index contributed by atoms with van der Waals surface area (Å²) in [4.78, 5) is 8.87. The van der Waals surface area contributed by atoms with Crippen LogP contribution in [0.2, 0.25) is 0 Å². The average molecular weight is 352 g/mol. The van der Waals surface area contributed by atoms with Gasteiger partial charge in [0.25, 0.3) is 0 Å². The molecule has 0 atom stereocenters. The topological polar surface area (TPSA) is 59.1 Å². The zero-order valence-corrected chi connectivity index (χ0v) is 14.8. The van der Waals surface area contributed by atoms with Crippen LogP contribution in [0, 0.1) is 12.7 Å². The van der Waals surface area contributed by atoms with Gasteiger partial charge in [0.1, 0.15) is 17.4 Å². The van der Waals surface area contributed by atoms with Crippen molar-refractivity contribution in [2.75, 3.05) is 24.3 Å². The first-order chi connectivity index (χ1) is 12.6. The van der Waals surface area contributed by atoms with Crippen molar-refractivity contribution in [3.05, 3.63) is 71.7 Å². The zero-order chi connectivity index (χ0) is 18.4. The number of hydrogen-bond donors (Lipinski definition) is 2. The normalized spacial score (nSPS) is 10.4. The molecule has 0 radical (unpaired) electrons. The van der Waals surface area contributed by atoms with E-state index in [9.17, 15) is 4.39 Å². The number of nitrogens with one attached hydrogen (secondary N) is 2. The summed E-state index contributed by atoms with van der Waals surface area (Å²) in [5.74, 6) is 1.80. The molecular formula is C20H21FN4O. The summed E-state index contributed by atoms with van der Waals surface area (Å²) in [5, 5.41) is 6.41. The Kier molecular flexibility index (Phi) is 5.63. The number of anilines is 3. The second kappa shape index (κ2) is 8.29. The van der Waals surface area contributed by atoms with Crippen LogP contribution < -0.4 is 15.4 Å². The number of methoxy groups -OCH3 is 1. The van der Waals surface area contributed by atoms with Crippen molar-refractivity contribution in [2.45, 2.75) is 13.3 Å². The van der Waals surface area contributed by atoms with E-state index in [-0.39, 0.29) is 5.82 Å². The Hall–Kier alpha value is -3.15. The van der Waals surface area contributed by atoms with Crippen LogP contribution in [0.15, 0.2) is 54.6 Å². The highest BCUT2D eigenvalue weighted by atomic mass is 19.1. The molecule has 0 fully saturated rings. The van der Waals surface area contributed by atoms with Gasteiger partial charge in [0.2, 0.25) is 5.95 Å². The predicted octanol–water partition coefficient (Wildman–Crippen LogP) is 4.33. The molecule has 3 aromatic rings. The van der Waals surface area contributed by atoms with E-state index < -0.39 is 0 Å². The summed E-state index contributed by atoms with van der Waals surface area (Å²) in [5.41, 5.74) is 2.82. The molecule has 0 aliphatic rings. The molecule has 0 unspecified atom stereocenters. The second-order valence-electron chi connectivity index (χ2n) is 5.87. The molecule has 1 heterocycles. The number of rotatable bonds is 7. The predicted molar refractivity (Wildman–Crippen MR) is 102 cm³/mol. The van der Waals surface area contributed by atoms with Crippen LogP contribution >= 0.6 is 0 Å². The molecule has 26 heavy (non-hydrogen) atoms. The van der Waals surface area contributed by atoms with Crippen LogP contribution in [0.3, 0.4) is 0 Å². The van der Waals surface area contributed by atoms with Crippen LogP contribution in [-0.4, -0.2) is 23.6 Å². The van der Waals surface area contributed by atoms with E-state index in [1.54, 1.807) is 19.2 Å². The maximum Gasteiger partial charge on any atom is 0.224 e. The molecule has 0 amide bonds. The van der Waals surface area contributed by atoms with Crippen molar-refractivity contribution in [1.82, 2.24) is 9.97 Å². The Bertz CT molecular complexity index is 851. The van der Waals surface area contributed by atoms with Crippen LogP contribution in [0.4, 0.5) is 21.8 Å². The van der Waals surface area contributed by atoms with Gasteiger partial charge in [-0.15, -0.1) is 0 Å². The molecule has 3 rings (SSSR count). The van der Waals surface area contributed by atoms with E-state index in [1.165, 1.54) is 17.7 Å². The molecule has 1 aromatic heterocycles. The molecule has 2 aromatic carbocycles. The van der Waals surface area contributed by atoms with Crippen LogP contribution in [0.5, 0.6) is 5.75 Å². The summed E-state index contributed by atoms with van der Waals surface area (Å²) in [6, 6.07) is 16.0. The highest BCUT2D eigenvalue weighted by Crippen LogP contribution is 2.17. The molecule has 0 saturated heterocycles. The second-order valence-corrected chi connectivity index (χ2v) is 5.87. The third-order valence-corrected chi connectivity index (χ3v) is 3.83. The molecule has 134 valence electrons. The molecule has 6 heteroatoms. The number of hydrogen-bond acceptors (Lipinski definition) is 5. The number of aryl methyl sites for hydroxylation is 1. The molecule has 0 bridgehead atoms. The number of halogens is 1. The van der Waals surface area contributed by atoms with Crippen molar-refractivity contribution in [1.29, 1.82) is 0 Å². The van der Waals surface area contributed by atoms with Gasteiger partial charge in [0.15, 0.2) is 0 Å². The zero-order valence-electron chi connectivity index (χ0n) is 14.8. The van der Waals surface area contributed by atoms with Crippen molar-refractivity contribution in [3.63, 3.8) is 0 Å². The van der Waals surface area contributed by atoms with E-state index in [1.807, 2.05) is 37.3 Å². The van der Waals surface area contributed by atoms with E-state index in [2.05, 4.69) is 20.6 Å². The van der Waals surface area contributed by atoms with Crippen molar-refractivity contribution < 1.29 is 9.13 Å². The molecular weight excluding hydrogens is 331 g/mol. The first kappa shape index (κ1) is 17.7. The maximum absolute atomic E-state index is 13.0. The number of benzene rings is 2. The van der Waals surface area contributed by atoms with Crippen LogP contribution in [-0.2, 0) is 6.42 Å². The summed E-state index contributed by atoms with van der Waals surface area (Å²) in [6.07, 6.45) is 0.849. The summed E-state index contributed by atoms with van der Waals surface area (Å²) >= 11 is 0. The SMILES string of the molecule is COc1ccc(CCNc2nc(C)cc(Nc3ccc(F)cc3)n2)cc1. The van der Waals surface area contributed by atoms with Crippen LogP contribution in [0.25, 0.3) is 0 Å². The lowest BCUT2D eigenvalue weighted by molar-refractivity contribution is 0.414. The number of nitrogens with zero attached hydrogens (tertiary/aromatic N) is 2. The molecule has 0 aliphatic carbocycles. The van der Waals surface area contributed by atoms with Gasteiger partial charge in [-0.3, -0.25) is 0 Å². The Balaban J connectivity index is 1.60. The van der Waals surface area contributed by atoms with Crippen molar-refractivity contribution >= 4 is 17.5 Å². The van der Waals surface area contributed by atoms with E-state index in [0.717, 1.165) is 23.6 Å². The van der Waals surface area contributed by atoms with E-state index >= 15 is 0 Å². The minimum absolute atomic E-state index is 0.268. The van der Waals surface area contributed by atoms with Gasteiger partial charge in [-0.05, 0) is 55.3 Å². The first-order valence-corrected chi connectivity index (χ1v) is 8.37. The standard InChI is InChI=1S/C20H21FN4O/c1-14-13-19(24-17-7-5-16(21)6-8-17)25-20(23-14)22-12-11-15-3-9-18(26-2)10-4-15/h3-10,13H,11-12H2,1-2H3,(H2,22,23,24,25). The Labute approximate surface area is 152 Å². The first-order valence-electron chi connectivity index (χ1n) is 8.37. The highest BCUT2D eigenvalue weighted by molar-refractivity contribution is 5.57. The fourth-order valence-electron chi connectivity index (χ4n) is 2.50. The average Bonchev–Trinajstić information content (AvgIpc) is 2.64. The fourth-order valence-corrected chi connectivity index (χ4v) is 2.50. The quantitative estimate of drug-likeness (QED) is 0.663. The number of ether oxygens (including phenoxy) is 1. The van der Waals surface area contributed by atoms with Gasteiger partial charge in [-0.2, -0.15) is 4.98 Å². The van der Waals surface area contributed by atoms with Gasteiger partial charge in [-0.25, -0.2) is 9.37 Å². The molecule has 0 spiro atoms. The molecule has 5 nitrogen and oxygen atoms in total. The third kappa shape index (κ3) is 4.92. The summed E-state index contributed by atoms with van der Waals surface area (Å²) < 4.78 is 18.2. The van der Waals surface area contributed by atoms with Gasteiger partial charge in [0, 0.05) is 24.0 Å². The van der Waals surface area contributed by atoms with E-state index in [0.29, 0.717) is 18.3 Å². The third-order valence-electron chi connectivity index (χ3n) is 3.83. The molecule has 0 saturated carbocycles. The van der Waals surface area contributed by atoms with Gasteiger partial charge < -0.3 is 15.4 Å². The largest absolute Gasteiger partial charge is 0.497 e. The Morgan fingerprint density at radius 2 is 1.73 bits per heavy atom. The molecule has 2 N–H and O–H groups in total. The van der Waals surface area contributed by atoms with Gasteiger partial charge in [0.05, 0.1) is 7.11 Å². The smallest absolute Gasteiger partial charge is 0.224 e. The summed E-state index contributed by atoms with van der Waals surface area (Å²) in [7, 11) is 1.66. The lowest BCUT2D eigenvalue weighted by Crippen LogP contribution is -2.09. The van der Waals surface area contributed by atoms with Crippen molar-refractivity contribution in [3.8, 4) is 5.75 Å². The summed E-state index contributed by atoms with van der Waals surface area (Å²) in [6.45, 7) is 2.62. The number of aromatic nitrogens is 2. The highest BCUT2D eigenvalue weighted by Gasteiger charge is 2.03. The Morgan fingerprint density at radius 3 is 2.42 bits per heavy atom. The molecule has 0 aliphatic heterocycles. The van der Waals surface area contributed by atoms with Gasteiger partial charge in [-0.1, -0.05) is 12.1 Å². The minimum atomic E-state index is -0.268. The van der Waals surface area contributed by atoms with Gasteiger partial charge >= 0.3 is 0 Å². The lowest BCUT2D eigenvalue weighted by atomic mass is 10.1. The monoisotopic (exact) mass is 352 g/mol. The fraction of sp³-hybridized carbons (Fsp3) is 0.200. The van der Waals surface area contributed by atoms with Crippen LogP contribution in [0.1, 0.15) is 11.3 Å². The maximum atomic E-state index is 13.0. The van der Waals surface area contributed by atoms with Crippen molar-refractivity contribution in [2.24, 2.45) is 0 Å². The lowest BCUT2D eigenvalue weighted by Gasteiger charge is -2.10. The minimum Gasteiger partial charge on any atom is -0.497 e. The van der Waals surface area contributed by atoms with E-state index in [4.69, 9.17) is 4.74 Å². The Morgan fingerprint density at radius 1 is 1.00 bits per heavy atom.